The second kappa shape index (κ2) is 4.77. The van der Waals surface area contributed by atoms with Crippen molar-refractivity contribution in [1.82, 2.24) is 14.9 Å². The van der Waals surface area contributed by atoms with E-state index in [-0.39, 0.29) is 6.04 Å². The van der Waals surface area contributed by atoms with Gasteiger partial charge in [0.2, 0.25) is 0 Å². The summed E-state index contributed by atoms with van der Waals surface area (Å²) in [6.07, 6.45) is 1.49. The fraction of sp³-hybridized carbons (Fsp3) is 0.667. The van der Waals surface area contributed by atoms with Gasteiger partial charge in [0.1, 0.15) is 11.4 Å². The third-order valence-electron chi connectivity index (χ3n) is 2.15. The van der Waals surface area contributed by atoms with E-state index in [0.717, 1.165) is 11.5 Å². The largest absolute Gasteiger partial charge is 0.444 e. The minimum absolute atomic E-state index is 0.177. The van der Waals surface area contributed by atoms with Crippen LogP contribution >= 0.6 is 0 Å². The van der Waals surface area contributed by atoms with Gasteiger partial charge in [-0.15, -0.1) is 0 Å². The molecule has 5 heteroatoms. The van der Waals surface area contributed by atoms with Crippen molar-refractivity contribution >= 4 is 6.09 Å². The Bertz CT molecular complexity index is 404. The number of rotatable bonds is 2. The first-order valence-electron chi connectivity index (χ1n) is 5.68. The molecule has 1 N–H and O–H groups in total. The Morgan fingerprint density at radius 1 is 1.53 bits per heavy atom. The Kier molecular flexibility index (Phi) is 3.80. The Labute approximate surface area is 102 Å². The molecule has 0 aliphatic rings. The van der Waals surface area contributed by atoms with E-state index in [1.165, 1.54) is 0 Å². The molecule has 0 bridgehead atoms. The van der Waals surface area contributed by atoms with Gasteiger partial charge in [-0.2, -0.15) is 0 Å². The highest BCUT2D eigenvalue weighted by Crippen LogP contribution is 2.13. The van der Waals surface area contributed by atoms with E-state index in [0.29, 0.717) is 0 Å². The van der Waals surface area contributed by atoms with Gasteiger partial charge in [-0.25, -0.2) is 9.78 Å². The first kappa shape index (κ1) is 13.5. The van der Waals surface area contributed by atoms with Gasteiger partial charge in [-0.3, -0.25) is 0 Å². The highest BCUT2D eigenvalue weighted by molar-refractivity contribution is 5.68. The van der Waals surface area contributed by atoms with E-state index in [2.05, 4.69) is 10.3 Å². The average molecular weight is 239 g/mol. The van der Waals surface area contributed by atoms with Crippen LogP contribution in [-0.2, 0) is 11.8 Å². The fourth-order valence-electron chi connectivity index (χ4n) is 1.59. The van der Waals surface area contributed by atoms with Crippen molar-refractivity contribution < 1.29 is 9.53 Å². The number of amides is 1. The standard InChI is InChI=1S/C12H21N3O2/c1-8-7-15(6)10(13-8)9(2)14-11(16)17-12(3,4)5/h7,9H,1-6H3,(H,14,16)/t9-/m1/s1. The van der Waals surface area contributed by atoms with E-state index in [1.807, 2.05) is 52.4 Å². The highest BCUT2D eigenvalue weighted by atomic mass is 16.6. The zero-order valence-electron chi connectivity index (χ0n) is 11.4. The summed E-state index contributed by atoms with van der Waals surface area (Å²) in [5.74, 6) is 0.813. The second-order valence-corrected chi connectivity index (χ2v) is 5.22. The number of aromatic nitrogens is 2. The van der Waals surface area contributed by atoms with Crippen molar-refractivity contribution in [2.45, 2.75) is 46.3 Å². The zero-order valence-corrected chi connectivity index (χ0v) is 11.4. The van der Waals surface area contributed by atoms with Gasteiger partial charge in [0.15, 0.2) is 0 Å². The van der Waals surface area contributed by atoms with Crippen LogP contribution in [0.25, 0.3) is 0 Å². The molecule has 1 amide bonds. The molecule has 96 valence electrons. The van der Waals surface area contributed by atoms with Crippen molar-refractivity contribution in [3.05, 3.63) is 17.7 Å². The quantitative estimate of drug-likeness (QED) is 0.861. The van der Waals surface area contributed by atoms with Crippen LogP contribution in [0.4, 0.5) is 4.79 Å². The van der Waals surface area contributed by atoms with E-state index < -0.39 is 11.7 Å². The first-order valence-corrected chi connectivity index (χ1v) is 5.68. The summed E-state index contributed by atoms with van der Waals surface area (Å²) in [6, 6.07) is -0.177. The van der Waals surface area contributed by atoms with Crippen molar-refractivity contribution in [3.8, 4) is 0 Å². The fourth-order valence-corrected chi connectivity index (χ4v) is 1.59. The van der Waals surface area contributed by atoms with E-state index >= 15 is 0 Å². The maximum atomic E-state index is 11.6. The van der Waals surface area contributed by atoms with Crippen molar-refractivity contribution in [1.29, 1.82) is 0 Å². The number of alkyl carbamates (subject to hydrolysis) is 1. The monoisotopic (exact) mass is 239 g/mol. The molecule has 0 spiro atoms. The number of carbonyl (C=O) groups excluding carboxylic acids is 1. The lowest BCUT2D eigenvalue weighted by Gasteiger charge is -2.21. The van der Waals surface area contributed by atoms with Crippen LogP contribution in [0.1, 0.15) is 45.3 Å². The smallest absolute Gasteiger partial charge is 0.408 e. The number of imidazole rings is 1. The molecular weight excluding hydrogens is 218 g/mol. The van der Waals surface area contributed by atoms with Gasteiger partial charge in [0.05, 0.1) is 11.7 Å². The summed E-state index contributed by atoms with van der Waals surface area (Å²) in [6.45, 7) is 9.31. The van der Waals surface area contributed by atoms with Gasteiger partial charge in [-0.1, -0.05) is 0 Å². The maximum Gasteiger partial charge on any atom is 0.408 e. The lowest BCUT2D eigenvalue weighted by molar-refractivity contribution is 0.0505. The number of aryl methyl sites for hydroxylation is 2. The maximum absolute atomic E-state index is 11.6. The molecule has 0 saturated heterocycles. The van der Waals surface area contributed by atoms with Crippen LogP contribution in [0, 0.1) is 6.92 Å². The van der Waals surface area contributed by atoms with Gasteiger partial charge in [0, 0.05) is 13.2 Å². The molecule has 0 aliphatic carbocycles. The molecule has 5 nitrogen and oxygen atoms in total. The predicted molar refractivity (Wildman–Crippen MR) is 65.7 cm³/mol. The van der Waals surface area contributed by atoms with Gasteiger partial charge in [-0.05, 0) is 34.6 Å². The van der Waals surface area contributed by atoms with E-state index in [9.17, 15) is 4.79 Å². The number of ether oxygens (including phenoxy) is 1. The minimum Gasteiger partial charge on any atom is -0.444 e. The Balaban J connectivity index is 2.64. The Morgan fingerprint density at radius 2 is 2.12 bits per heavy atom. The predicted octanol–water partition coefficient (Wildman–Crippen LogP) is 2.31. The van der Waals surface area contributed by atoms with Gasteiger partial charge >= 0.3 is 6.09 Å². The third kappa shape index (κ3) is 4.09. The number of carbonyl (C=O) groups is 1. The van der Waals surface area contributed by atoms with E-state index in [1.54, 1.807) is 0 Å². The average Bonchev–Trinajstić information content (AvgIpc) is 2.41. The van der Waals surface area contributed by atoms with Gasteiger partial charge < -0.3 is 14.6 Å². The number of hydrogen-bond donors (Lipinski definition) is 1. The van der Waals surface area contributed by atoms with Gasteiger partial charge in [0.25, 0.3) is 0 Å². The summed E-state index contributed by atoms with van der Waals surface area (Å²) in [5.41, 5.74) is 0.446. The normalized spacial score (nSPS) is 13.3. The lowest BCUT2D eigenvalue weighted by Crippen LogP contribution is -2.34. The van der Waals surface area contributed by atoms with Crippen LogP contribution < -0.4 is 5.32 Å². The summed E-state index contributed by atoms with van der Waals surface area (Å²) in [7, 11) is 1.91. The van der Waals surface area contributed by atoms with Crippen LogP contribution in [0.15, 0.2) is 6.20 Å². The highest BCUT2D eigenvalue weighted by Gasteiger charge is 2.20. The zero-order chi connectivity index (χ0) is 13.2. The Morgan fingerprint density at radius 3 is 2.53 bits per heavy atom. The first-order chi connectivity index (χ1) is 7.69. The lowest BCUT2D eigenvalue weighted by atomic mass is 10.2. The van der Waals surface area contributed by atoms with Crippen molar-refractivity contribution in [3.63, 3.8) is 0 Å². The topological polar surface area (TPSA) is 56.2 Å². The molecule has 0 unspecified atom stereocenters. The summed E-state index contributed by atoms with van der Waals surface area (Å²) < 4.78 is 7.09. The molecule has 0 radical (unpaired) electrons. The minimum atomic E-state index is -0.485. The molecule has 0 aromatic carbocycles. The summed E-state index contributed by atoms with van der Waals surface area (Å²) in [5, 5.41) is 2.76. The van der Waals surface area contributed by atoms with Crippen LogP contribution in [0.2, 0.25) is 0 Å². The van der Waals surface area contributed by atoms with Crippen molar-refractivity contribution in [2.24, 2.45) is 7.05 Å². The molecular formula is C12H21N3O2. The SMILES string of the molecule is Cc1cn(C)c([C@@H](C)NC(=O)OC(C)(C)C)n1. The molecule has 0 saturated carbocycles. The Hall–Kier alpha value is -1.52. The summed E-state index contributed by atoms with van der Waals surface area (Å²) in [4.78, 5) is 15.9. The summed E-state index contributed by atoms with van der Waals surface area (Å²) >= 11 is 0. The molecule has 1 rings (SSSR count). The van der Waals surface area contributed by atoms with Crippen LogP contribution in [0.3, 0.4) is 0 Å². The number of nitrogens with one attached hydrogen (secondary N) is 1. The number of hydrogen-bond acceptors (Lipinski definition) is 3. The molecule has 1 aromatic heterocycles. The second-order valence-electron chi connectivity index (χ2n) is 5.22. The molecule has 1 aromatic rings. The van der Waals surface area contributed by atoms with Crippen LogP contribution in [0.5, 0.6) is 0 Å². The molecule has 1 heterocycles. The third-order valence-corrected chi connectivity index (χ3v) is 2.15. The number of nitrogens with zero attached hydrogens (tertiary/aromatic N) is 2. The van der Waals surface area contributed by atoms with E-state index in [4.69, 9.17) is 4.74 Å². The molecule has 0 fully saturated rings. The molecule has 17 heavy (non-hydrogen) atoms. The van der Waals surface area contributed by atoms with Crippen LogP contribution in [-0.4, -0.2) is 21.2 Å². The molecule has 0 aliphatic heterocycles. The van der Waals surface area contributed by atoms with Crippen molar-refractivity contribution in [2.75, 3.05) is 0 Å². The molecule has 1 atom stereocenters.